The number of morpholine rings is 1. The van der Waals surface area contributed by atoms with Crippen molar-refractivity contribution in [3.8, 4) is 0 Å². The normalized spacial score (nSPS) is 34.8. The quantitative estimate of drug-likeness (QED) is 0.695. The lowest BCUT2D eigenvalue weighted by Crippen LogP contribution is -2.49. The van der Waals surface area contributed by atoms with Crippen LogP contribution < -0.4 is 10.6 Å². The lowest BCUT2D eigenvalue weighted by molar-refractivity contribution is -0.124. The van der Waals surface area contributed by atoms with Crippen molar-refractivity contribution in [2.75, 3.05) is 39.8 Å². The fourth-order valence-corrected chi connectivity index (χ4v) is 2.50. The average molecular weight is 241 g/mol. The van der Waals surface area contributed by atoms with E-state index in [1.165, 1.54) is 0 Å². The topological polar surface area (TPSA) is 53.6 Å². The highest BCUT2D eigenvalue weighted by Crippen LogP contribution is 2.14. The van der Waals surface area contributed by atoms with Gasteiger partial charge in [0.15, 0.2) is 0 Å². The van der Waals surface area contributed by atoms with Crippen LogP contribution in [0.25, 0.3) is 0 Å². The van der Waals surface area contributed by atoms with Gasteiger partial charge in [0.1, 0.15) is 0 Å². The molecule has 0 aliphatic carbocycles. The summed E-state index contributed by atoms with van der Waals surface area (Å²) in [4.78, 5) is 14.2. The zero-order valence-electron chi connectivity index (χ0n) is 10.7. The van der Waals surface area contributed by atoms with E-state index < -0.39 is 0 Å². The molecule has 0 saturated carbocycles. The first kappa shape index (κ1) is 12.8. The van der Waals surface area contributed by atoms with Gasteiger partial charge in [-0.1, -0.05) is 6.92 Å². The molecule has 17 heavy (non-hydrogen) atoms. The Morgan fingerprint density at radius 1 is 1.59 bits per heavy atom. The van der Waals surface area contributed by atoms with Gasteiger partial charge in [-0.05, 0) is 25.9 Å². The van der Waals surface area contributed by atoms with Crippen molar-refractivity contribution in [1.82, 2.24) is 15.5 Å². The van der Waals surface area contributed by atoms with Crippen LogP contribution in [0.3, 0.4) is 0 Å². The number of ether oxygens (including phenoxy) is 1. The molecule has 0 aromatic heterocycles. The summed E-state index contributed by atoms with van der Waals surface area (Å²) in [5, 5.41) is 6.23. The van der Waals surface area contributed by atoms with Crippen LogP contribution in [0.15, 0.2) is 0 Å². The first-order valence-electron chi connectivity index (χ1n) is 6.48. The monoisotopic (exact) mass is 241 g/mol. The highest BCUT2D eigenvalue weighted by Gasteiger charge is 2.29. The summed E-state index contributed by atoms with van der Waals surface area (Å²) in [6.45, 7) is 6.32. The molecule has 0 aromatic carbocycles. The van der Waals surface area contributed by atoms with E-state index in [2.05, 4.69) is 29.5 Å². The predicted molar refractivity (Wildman–Crippen MR) is 65.8 cm³/mol. The zero-order chi connectivity index (χ0) is 12.3. The minimum atomic E-state index is -0.0173. The van der Waals surface area contributed by atoms with Crippen molar-refractivity contribution in [2.45, 2.75) is 25.5 Å². The van der Waals surface area contributed by atoms with E-state index in [9.17, 15) is 4.79 Å². The molecule has 2 rings (SSSR count). The smallest absolute Gasteiger partial charge is 0.237 e. The molecule has 2 aliphatic rings. The van der Waals surface area contributed by atoms with Crippen LogP contribution in [-0.2, 0) is 9.53 Å². The summed E-state index contributed by atoms with van der Waals surface area (Å²) in [7, 11) is 2.08. The summed E-state index contributed by atoms with van der Waals surface area (Å²) in [5.41, 5.74) is 0. The Morgan fingerprint density at radius 3 is 3.06 bits per heavy atom. The Bertz CT molecular complexity index is 272. The summed E-state index contributed by atoms with van der Waals surface area (Å²) in [6, 6.07) is -0.0173. The SMILES string of the molecule is CC1CCNC1C(=O)NCC1CN(C)CCO1. The van der Waals surface area contributed by atoms with Crippen LogP contribution in [0.4, 0.5) is 0 Å². The summed E-state index contributed by atoms with van der Waals surface area (Å²) < 4.78 is 5.61. The number of hydrogen-bond acceptors (Lipinski definition) is 4. The molecule has 0 aromatic rings. The minimum absolute atomic E-state index is 0.0173. The molecule has 0 spiro atoms. The molecule has 1 amide bonds. The van der Waals surface area contributed by atoms with Gasteiger partial charge in [0.25, 0.3) is 0 Å². The third kappa shape index (κ3) is 3.40. The number of hydrogen-bond donors (Lipinski definition) is 2. The average Bonchev–Trinajstić information content (AvgIpc) is 2.72. The van der Waals surface area contributed by atoms with Gasteiger partial charge in [0.05, 0.1) is 18.8 Å². The number of likely N-dealkylation sites (N-methyl/N-ethyl adjacent to an activating group) is 1. The fourth-order valence-electron chi connectivity index (χ4n) is 2.50. The van der Waals surface area contributed by atoms with Crippen molar-refractivity contribution in [1.29, 1.82) is 0 Å². The Balaban J connectivity index is 1.72. The van der Waals surface area contributed by atoms with Crippen molar-refractivity contribution >= 4 is 5.91 Å². The van der Waals surface area contributed by atoms with Crippen LogP contribution >= 0.6 is 0 Å². The molecular weight excluding hydrogens is 218 g/mol. The van der Waals surface area contributed by atoms with Gasteiger partial charge in [-0.15, -0.1) is 0 Å². The molecule has 5 nitrogen and oxygen atoms in total. The van der Waals surface area contributed by atoms with E-state index in [0.717, 1.165) is 32.7 Å². The minimum Gasteiger partial charge on any atom is -0.374 e. The Hall–Kier alpha value is -0.650. The van der Waals surface area contributed by atoms with Crippen LogP contribution in [0.5, 0.6) is 0 Å². The predicted octanol–water partition coefficient (Wildman–Crippen LogP) is -0.569. The van der Waals surface area contributed by atoms with Crippen LogP contribution in [0.2, 0.25) is 0 Å². The molecule has 2 heterocycles. The number of nitrogens with one attached hydrogen (secondary N) is 2. The number of carbonyl (C=O) groups excluding carboxylic acids is 1. The van der Waals surface area contributed by atoms with Crippen LogP contribution in [-0.4, -0.2) is 62.8 Å². The lowest BCUT2D eigenvalue weighted by atomic mass is 10.0. The van der Waals surface area contributed by atoms with E-state index >= 15 is 0 Å². The molecule has 98 valence electrons. The molecule has 2 fully saturated rings. The van der Waals surface area contributed by atoms with E-state index in [4.69, 9.17) is 4.74 Å². The van der Waals surface area contributed by atoms with Gasteiger partial charge in [0, 0.05) is 19.6 Å². The maximum Gasteiger partial charge on any atom is 0.237 e. The van der Waals surface area contributed by atoms with Gasteiger partial charge >= 0.3 is 0 Å². The highest BCUT2D eigenvalue weighted by atomic mass is 16.5. The van der Waals surface area contributed by atoms with Gasteiger partial charge in [-0.2, -0.15) is 0 Å². The van der Waals surface area contributed by atoms with E-state index in [1.54, 1.807) is 0 Å². The molecular formula is C12H23N3O2. The number of nitrogens with zero attached hydrogens (tertiary/aromatic N) is 1. The lowest BCUT2D eigenvalue weighted by Gasteiger charge is -2.30. The van der Waals surface area contributed by atoms with Gasteiger partial charge < -0.3 is 20.3 Å². The van der Waals surface area contributed by atoms with Crippen LogP contribution in [0.1, 0.15) is 13.3 Å². The van der Waals surface area contributed by atoms with E-state index in [1.807, 2.05) is 0 Å². The Kier molecular flexibility index (Phi) is 4.36. The molecule has 5 heteroatoms. The van der Waals surface area contributed by atoms with Gasteiger partial charge in [-0.3, -0.25) is 4.79 Å². The summed E-state index contributed by atoms with van der Waals surface area (Å²) in [5.74, 6) is 0.553. The third-order valence-corrected chi connectivity index (χ3v) is 3.66. The molecule has 3 unspecified atom stereocenters. The number of amides is 1. The first-order valence-corrected chi connectivity index (χ1v) is 6.48. The maximum atomic E-state index is 11.9. The van der Waals surface area contributed by atoms with E-state index in [0.29, 0.717) is 12.5 Å². The van der Waals surface area contributed by atoms with Crippen molar-refractivity contribution in [2.24, 2.45) is 5.92 Å². The molecule has 0 radical (unpaired) electrons. The summed E-state index contributed by atoms with van der Waals surface area (Å²) in [6.07, 6.45) is 1.22. The number of carbonyl (C=O) groups is 1. The third-order valence-electron chi connectivity index (χ3n) is 3.66. The molecule has 3 atom stereocenters. The molecule has 2 aliphatic heterocycles. The number of rotatable bonds is 3. The Labute approximate surface area is 103 Å². The Morgan fingerprint density at radius 2 is 2.41 bits per heavy atom. The second-order valence-electron chi connectivity index (χ2n) is 5.20. The fraction of sp³-hybridized carbons (Fsp3) is 0.917. The second kappa shape index (κ2) is 5.80. The largest absolute Gasteiger partial charge is 0.374 e. The zero-order valence-corrected chi connectivity index (χ0v) is 10.7. The molecule has 2 saturated heterocycles. The van der Waals surface area contributed by atoms with E-state index in [-0.39, 0.29) is 18.1 Å². The maximum absolute atomic E-state index is 11.9. The summed E-state index contributed by atoms with van der Waals surface area (Å²) >= 11 is 0. The van der Waals surface area contributed by atoms with Crippen LogP contribution in [0, 0.1) is 5.92 Å². The van der Waals surface area contributed by atoms with Crippen molar-refractivity contribution in [3.05, 3.63) is 0 Å². The molecule has 2 N–H and O–H groups in total. The van der Waals surface area contributed by atoms with Crippen molar-refractivity contribution < 1.29 is 9.53 Å². The van der Waals surface area contributed by atoms with Gasteiger partial charge in [-0.25, -0.2) is 0 Å². The van der Waals surface area contributed by atoms with Gasteiger partial charge in [0.2, 0.25) is 5.91 Å². The second-order valence-corrected chi connectivity index (χ2v) is 5.20. The standard InChI is InChI=1S/C12H23N3O2/c1-9-3-4-13-11(9)12(16)14-7-10-8-15(2)5-6-17-10/h9-11,13H,3-8H2,1-2H3,(H,14,16). The molecule has 0 bridgehead atoms. The first-order chi connectivity index (χ1) is 8.16. The highest BCUT2D eigenvalue weighted by molar-refractivity contribution is 5.82. The van der Waals surface area contributed by atoms with Crippen molar-refractivity contribution in [3.63, 3.8) is 0 Å².